The molecule has 1 aromatic carbocycles. The first kappa shape index (κ1) is 13.2. The summed E-state index contributed by atoms with van der Waals surface area (Å²) in [7, 11) is 0. The molecular formula is C11H10F3NO2. The number of carbonyl (C=O) groups is 2. The van der Waals surface area contributed by atoms with Crippen LogP contribution in [0.1, 0.15) is 26.3 Å². The first-order valence-electron chi connectivity index (χ1n) is 4.74. The number of rotatable bonds is 3. The first-order chi connectivity index (χ1) is 7.83. The fourth-order valence-corrected chi connectivity index (χ4v) is 1.29. The molecule has 0 unspecified atom stereocenters. The normalized spacial score (nSPS) is 11.1. The zero-order valence-electron chi connectivity index (χ0n) is 8.97. The van der Waals surface area contributed by atoms with Crippen LogP contribution in [0.15, 0.2) is 18.2 Å². The van der Waals surface area contributed by atoms with Gasteiger partial charge in [0.2, 0.25) is 0 Å². The summed E-state index contributed by atoms with van der Waals surface area (Å²) in [6.45, 7) is 0.177. The number of carbonyl (C=O) groups excluding carboxylic acids is 2. The molecule has 3 nitrogen and oxygen atoms in total. The molecule has 1 rings (SSSR count). The van der Waals surface area contributed by atoms with Crippen molar-refractivity contribution in [2.24, 2.45) is 0 Å². The third-order valence-electron chi connectivity index (χ3n) is 2.08. The van der Waals surface area contributed by atoms with Crippen molar-refractivity contribution >= 4 is 12.2 Å². The molecule has 0 spiro atoms. The standard InChI is InChI=1S/C11H10F3NO2/c1-7-4-8(5-16)2-3-9(7)10(17)15-6-11(12,13)14/h2-5H,6H2,1H3,(H,15,17). The Morgan fingerprint density at radius 2 is 2.06 bits per heavy atom. The lowest BCUT2D eigenvalue weighted by atomic mass is 10.1. The Hall–Kier alpha value is -1.85. The van der Waals surface area contributed by atoms with Gasteiger partial charge in [0.05, 0.1) is 0 Å². The Morgan fingerprint density at radius 3 is 2.53 bits per heavy atom. The molecule has 1 aromatic rings. The highest BCUT2D eigenvalue weighted by atomic mass is 19.4. The predicted octanol–water partition coefficient (Wildman–Crippen LogP) is 2.10. The zero-order valence-corrected chi connectivity index (χ0v) is 8.97. The van der Waals surface area contributed by atoms with Crippen molar-refractivity contribution < 1.29 is 22.8 Å². The van der Waals surface area contributed by atoms with Crippen LogP contribution in [0.25, 0.3) is 0 Å². The van der Waals surface area contributed by atoms with Crippen molar-refractivity contribution in [1.29, 1.82) is 0 Å². The second-order valence-corrected chi connectivity index (χ2v) is 3.49. The lowest BCUT2D eigenvalue weighted by Crippen LogP contribution is -2.34. The van der Waals surface area contributed by atoms with Gasteiger partial charge in [-0.25, -0.2) is 0 Å². The highest BCUT2D eigenvalue weighted by molar-refractivity contribution is 5.96. The molecule has 0 saturated carbocycles. The fraction of sp³-hybridized carbons (Fsp3) is 0.273. The van der Waals surface area contributed by atoms with Gasteiger partial charge in [0.15, 0.2) is 0 Å². The highest BCUT2D eigenvalue weighted by Crippen LogP contribution is 2.14. The fourth-order valence-electron chi connectivity index (χ4n) is 1.29. The summed E-state index contributed by atoms with van der Waals surface area (Å²) in [6.07, 6.45) is -3.84. The van der Waals surface area contributed by atoms with Gasteiger partial charge >= 0.3 is 6.18 Å². The molecule has 0 aliphatic heterocycles. The van der Waals surface area contributed by atoms with Gasteiger partial charge in [-0.05, 0) is 24.6 Å². The number of amides is 1. The van der Waals surface area contributed by atoms with Gasteiger partial charge in [-0.2, -0.15) is 13.2 Å². The highest BCUT2D eigenvalue weighted by Gasteiger charge is 2.28. The molecule has 0 fully saturated rings. The van der Waals surface area contributed by atoms with Gasteiger partial charge < -0.3 is 5.32 Å². The second-order valence-electron chi connectivity index (χ2n) is 3.49. The van der Waals surface area contributed by atoms with E-state index >= 15 is 0 Å². The van der Waals surface area contributed by atoms with Crippen molar-refractivity contribution in [3.8, 4) is 0 Å². The third-order valence-corrected chi connectivity index (χ3v) is 2.08. The molecule has 0 aliphatic rings. The number of hydrogen-bond acceptors (Lipinski definition) is 2. The largest absolute Gasteiger partial charge is 0.405 e. The van der Waals surface area contributed by atoms with E-state index in [1.165, 1.54) is 18.2 Å². The van der Waals surface area contributed by atoms with Crippen LogP contribution in [0.5, 0.6) is 0 Å². The summed E-state index contributed by atoms with van der Waals surface area (Å²) in [6, 6.07) is 4.14. The summed E-state index contributed by atoms with van der Waals surface area (Å²) in [5.41, 5.74) is 0.948. The minimum absolute atomic E-state index is 0.125. The van der Waals surface area contributed by atoms with Gasteiger partial charge in [-0.15, -0.1) is 0 Å². The minimum Gasteiger partial charge on any atom is -0.343 e. The number of hydrogen-bond donors (Lipinski definition) is 1. The molecule has 17 heavy (non-hydrogen) atoms. The van der Waals surface area contributed by atoms with E-state index in [2.05, 4.69) is 0 Å². The summed E-state index contributed by atoms with van der Waals surface area (Å²) in [5.74, 6) is -0.808. The van der Waals surface area contributed by atoms with Gasteiger partial charge in [-0.1, -0.05) is 6.07 Å². The number of nitrogens with one attached hydrogen (secondary N) is 1. The maximum atomic E-state index is 11.9. The molecule has 0 aromatic heterocycles. The Labute approximate surface area is 95.6 Å². The van der Waals surface area contributed by atoms with E-state index in [0.29, 0.717) is 17.4 Å². The Morgan fingerprint density at radius 1 is 1.41 bits per heavy atom. The predicted molar refractivity (Wildman–Crippen MR) is 55.0 cm³/mol. The topological polar surface area (TPSA) is 46.2 Å². The van der Waals surface area contributed by atoms with Crippen molar-refractivity contribution in [2.75, 3.05) is 6.54 Å². The molecule has 1 amide bonds. The lowest BCUT2D eigenvalue weighted by Gasteiger charge is -2.10. The minimum atomic E-state index is -4.44. The monoisotopic (exact) mass is 245 g/mol. The van der Waals surface area contributed by atoms with Gasteiger partial charge in [-0.3, -0.25) is 9.59 Å². The molecule has 0 radical (unpaired) electrons. The van der Waals surface area contributed by atoms with E-state index in [9.17, 15) is 22.8 Å². The first-order valence-corrected chi connectivity index (χ1v) is 4.74. The third kappa shape index (κ3) is 3.90. The Kier molecular flexibility index (Phi) is 3.88. The second kappa shape index (κ2) is 4.99. The van der Waals surface area contributed by atoms with E-state index in [1.807, 2.05) is 0 Å². The number of alkyl halides is 3. The molecule has 0 saturated heterocycles. The quantitative estimate of drug-likeness (QED) is 0.829. The lowest BCUT2D eigenvalue weighted by molar-refractivity contribution is -0.123. The van der Waals surface area contributed by atoms with E-state index in [0.717, 1.165) is 0 Å². The molecule has 0 heterocycles. The Bertz CT molecular complexity index is 441. The van der Waals surface area contributed by atoms with Crippen molar-refractivity contribution in [1.82, 2.24) is 5.32 Å². The van der Waals surface area contributed by atoms with E-state index < -0.39 is 18.6 Å². The van der Waals surface area contributed by atoms with E-state index in [1.54, 1.807) is 12.2 Å². The van der Waals surface area contributed by atoms with Crippen LogP contribution in [-0.2, 0) is 0 Å². The molecule has 6 heteroatoms. The molecule has 1 N–H and O–H groups in total. The van der Waals surface area contributed by atoms with Crippen molar-refractivity contribution in [2.45, 2.75) is 13.1 Å². The summed E-state index contributed by atoms with van der Waals surface area (Å²) in [4.78, 5) is 21.9. The average Bonchev–Trinajstić information content (AvgIpc) is 2.24. The van der Waals surface area contributed by atoms with Crippen molar-refractivity contribution in [3.63, 3.8) is 0 Å². The molecule has 0 bridgehead atoms. The number of aryl methyl sites for hydroxylation is 1. The van der Waals surface area contributed by atoms with Crippen LogP contribution in [0, 0.1) is 6.92 Å². The molecule has 0 atom stereocenters. The van der Waals surface area contributed by atoms with Crippen LogP contribution >= 0.6 is 0 Å². The van der Waals surface area contributed by atoms with Gasteiger partial charge in [0, 0.05) is 11.1 Å². The summed E-state index contributed by atoms with van der Waals surface area (Å²) < 4.78 is 35.7. The van der Waals surface area contributed by atoms with Crippen molar-refractivity contribution in [3.05, 3.63) is 34.9 Å². The van der Waals surface area contributed by atoms with Gasteiger partial charge in [0.1, 0.15) is 12.8 Å². The summed E-state index contributed by atoms with van der Waals surface area (Å²) >= 11 is 0. The van der Waals surface area contributed by atoms with Crippen LogP contribution in [-0.4, -0.2) is 24.9 Å². The SMILES string of the molecule is Cc1cc(C=O)ccc1C(=O)NCC(F)(F)F. The maximum Gasteiger partial charge on any atom is 0.405 e. The maximum absolute atomic E-state index is 11.9. The number of aldehydes is 1. The van der Waals surface area contributed by atoms with Crippen LogP contribution in [0.4, 0.5) is 13.2 Å². The summed E-state index contributed by atoms with van der Waals surface area (Å²) in [5, 5.41) is 1.76. The Balaban J connectivity index is 2.79. The van der Waals surface area contributed by atoms with Crippen LogP contribution in [0.2, 0.25) is 0 Å². The molecule has 92 valence electrons. The van der Waals surface area contributed by atoms with E-state index in [4.69, 9.17) is 0 Å². The molecular weight excluding hydrogens is 235 g/mol. The van der Waals surface area contributed by atoms with Crippen LogP contribution in [0.3, 0.4) is 0 Å². The smallest absolute Gasteiger partial charge is 0.343 e. The zero-order chi connectivity index (χ0) is 13.1. The average molecular weight is 245 g/mol. The van der Waals surface area contributed by atoms with Crippen LogP contribution < -0.4 is 5.32 Å². The number of halogens is 3. The molecule has 0 aliphatic carbocycles. The van der Waals surface area contributed by atoms with Gasteiger partial charge in [0.25, 0.3) is 5.91 Å². The number of benzene rings is 1. The van der Waals surface area contributed by atoms with E-state index in [-0.39, 0.29) is 5.56 Å².